The zero-order chi connectivity index (χ0) is 13.2. The third-order valence-corrected chi connectivity index (χ3v) is 2.71. The maximum absolute atomic E-state index is 5.91. The van der Waals surface area contributed by atoms with Gasteiger partial charge in [-0.15, -0.1) is 0 Å². The largest absolute Gasteiger partial charge is 0.497 e. The van der Waals surface area contributed by atoms with Crippen molar-refractivity contribution >= 4 is 11.2 Å². The summed E-state index contributed by atoms with van der Waals surface area (Å²) >= 11 is 0. The van der Waals surface area contributed by atoms with Gasteiger partial charge in [-0.3, -0.25) is 0 Å². The van der Waals surface area contributed by atoms with Crippen LogP contribution in [-0.2, 0) is 0 Å². The molecule has 3 rings (SSSR count). The number of nitrogen functional groups attached to an aromatic ring is 1. The maximum Gasteiger partial charge on any atom is 0.245 e. The standard InChI is InChI=1S/C13H12N4O2/c1-18-9-2-3-12(10(14)8-9)19-13-11-4-5-16-17(11)7-6-15-13/h2-8H,14H2,1H3. The van der Waals surface area contributed by atoms with Crippen LogP contribution in [0.25, 0.3) is 5.52 Å². The number of hydrogen-bond donors (Lipinski definition) is 1. The first-order valence-corrected chi connectivity index (χ1v) is 5.67. The maximum atomic E-state index is 5.91. The molecule has 19 heavy (non-hydrogen) atoms. The number of ether oxygens (including phenoxy) is 2. The molecule has 0 aliphatic carbocycles. The molecule has 6 nitrogen and oxygen atoms in total. The molecule has 0 saturated heterocycles. The highest BCUT2D eigenvalue weighted by Gasteiger charge is 2.08. The Bertz CT molecular complexity index is 723. The Balaban J connectivity index is 1.99. The summed E-state index contributed by atoms with van der Waals surface area (Å²) in [4.78, 5) is 4.19. The smallest absolute Gasteiger partial charge is 0.245 e. The number of fused-ring (bicyclic) bond motifs is 1. The molecule has 0 saturated carbocycles. The van der Waals surface area contributed by atoms with Crippen LogP contribution in [0.3, 0.4) is 0 Å². The van der Waals surface area contributed by atoms with E-state index < -0.39 is 0 Å². The molecule has 0 bridgehead atoms. The Morgan fingerprint density at radius 1 is 1.21 bits per heavy atom. The highest BCUT2D eigenvalue weighted by Crippen LogP contribution is 2.31. The van der Waals surface area contributed by atoms with Gasteiger partial charge in [0.1, 0.15) is 11.3 Å². The van der Waals surface area contributed by atoms with Crippen molar-refractivity contribution in [2.75, 3.05) is 12.8 Å². The van der Waals surface area contributed by atoms with Crippen LogP contribution in [0.5, 0.6) is 17.4 Å². The number of rotatable bonds is 3. The van der Waals surface area contributed by atoms with Crippen molar-refractivity contribution in [3.63, 3.8) is 0 Å². The number of anilines is 1. The molecular weight excluding hydrogens is 244 g/mol. The molecule has 0 atom stereocenters. The lowest BCUT2D eigenvalue weighted by atomic mass is 10.3. The molecule has 3 aromatic rings. The van der Waals surface area contributed by atoms with E-state index in [1.165, 1.54) is 0 Å². The fourth-order valence-corrected chi connectivity index (χ4v) is 1.76. The molecule has 0 spiro atoms. The van der Waals surface area contributed by atoms with Gasteiger partial charge in [-0.25, -0.2) is 9.50 Å². The average Bonchev–Trinajstić information content (AvgIpc) is 2.90. The summed E-state index contributed by atoms with van der Waals surface area (Å²) < 4.78 is 12.5. The third kappa shape index (κ3) is 2.03. The van der Waals surface area contributed by atoms with Gasteiger partial charge in [-0.2, -0.15) is 5.10 Å². The molecule has 2 aromatic heterocycles. The van der Waals surface area contributed by atoms with Crippen LogP contribution in [-0.4, -0.2) is 21.7 Å². The topological polar surface area (TPSA) is 74.7 Å². The lowest BCUT2D eigenvalue weighted by Crippen LogP contribution is -1.97. The van der Waals surface area contributed by atoms with Crippen LogP contribution in [0.4, 0.5) is 5.69 Å². The second-order valence-corrected chi connectivity index (χ2v) is 3.90. The van der Waals surface area contributed by atoms with E-state index in [4.69, 9.17) is 15.2 Å². The lowest BCUT2D eigenvalue weighted by Gasteiger charge is -2.09. The van der Waals surface area contributed by atoms with E-state index in [1.807, 2.05) is 6.07 Å². The normalized spacial score (nSPS) is 10.6. The molecule has 2 heterocycles. The van der Waals surface area contributed by atoms with Crippen LogP contribution >= 0.6 is 0 Å². The fraction of sp³-hybridized carbons (Fsp3) is 0.0769. The summed E-state index contributed by atoms with van der Waals surface area (Å²) in [7, 11) is 1.59. The van der Waals surface area contributed by atoms with E-state index in [-0.39, 0.29) is 0 Å². The summed E-state index contributed by atoms with van der Waals surface area (Å²) in [6.45, 7) is 0. The highest BCUT2D eigenvalue weighted by molar-refractivity contribution is 5.61. The highest BCUT2D eigenvalue weighted by atomic mass is 16.5. The second kappa shape index (κ2) is 4.49. The molecule has 0 aliphatic rings. The Labute approximate surface area is 109 Å². The van der Waals surface area contributed by atoms with Crippen molar-refractivity contribution in [1.29, 1.82) is 0 Å². The zero-order valence-corrected chi connectivity index (χ0v) is 10.3. The van der Waals surface area contributed by atoms with E-state index >= 15 is 0 Å². The lowest BCUT2D eigenvalue weighted by molar-refractivity contribution is 0.413. The Kier molecular flexibility index (Phi) is 2.68. The van der Waals surface area contributed by atoms with Crippen molar-refractivity contribution in [3.05, 3.63) is 42.9 Å². The molecule has 2 N–H and O–H groups in total. The number of nitrogens with two attached hydrogens (primary N) is 1. The van der Waals surface area contributed by atoms with Gasteiger partial charge in [0.2, 0.25) is 5.88 Å². The van der Waals surface area contributed by atoms with E-state index in [2.05, 4.69) is 10.1 Å². The van der Waals surface area contributed by atoms with Gasteiger partial charge in [-0.1, -0.05) is 0 Å². The Morgan fingerprint density at radius 3 is 2.89 bits per heavy atom. The quantitative estimate of drug-likeness (QED) is 0.726. The minimum atomic E-state index is 0.455. The summed E-state index contributed by atoms with van der Waals surface area (Å²) in [6.07, 6.45) is 5.05. The van der Waals surface area contributed by atoms with Gasteiger partial charge in [-0.05, 0) is 18.2 Å². The Morgan fingerprint density at radius 2 is 2.11 bits per heavy atom. The predicted molar refractivity (Wildman–Crippen MR) is 70.5 cm³/mol. The number of benzene rings is 1. The minimum absolute atomic E-state index is 0.455. The molecule has 0 aliphatic heterocycles. The summed E-state index contributed by atoms with van der Waals surface area (Å²) in [5.74, 6) is 1.67. The number of methoxy groups -OCH3 is 1. The SMILES string of the molecule is COc1ccc(Oc2nccn3nccc23)c(N)c1. The van der Waals surface area contributed by atoms with Gasteiger partial charge >= 0.3 is 0 Å². The van der Waals surface area contributed by atoms with E-state index in [1.54, 1.807) is 48.4 Å². The molecule has 96 valence electrons. The number of nitrogens with zero attached hydrogens (tertiary/aromatic N) is 3. The first-order chi connectivity index (χ1) is 9.28. The molecular formula is C13H12N4O2. The first kappa shape index (κ1) is 11.3. The van der Waals surface area contributed by atoms with Crippen molar-refractivity contribution in [3.8, 4) is 17.4 Å². The van der Waals surface area contributed by atoms with E-state index in [0.29, 0.717) is 23.1 Å². The molecule has 0 amide bonds. The average molecular weight is 256 g/mol. The van der Waals surface area contributed by atoms with Gasteiger partial charge in [0.15, 0.2) is 5.75 Å². The van der Waals surface area contributed by atoms with E-state index in [9.17, 15) is 0 Å². The number of aromatic nitrogens is 3. The predicted octanol–water partition coefficient (Wildman–Crippen LogP) is 2.11. The molecule has 6 heteroatoms. The molecule has 1 aromatic carbocycles. The van der Waals surface area contributed by atoms with Gasteiger partial charge < -0.3 is 15.2 Å². The second-order valence-electron chi connectivity index (χ2n) is 3.90. The van der Waals surface area contributed by atoms with Gasteiger partial charge in [0, 0.05) is 18.5 Å². The van der Waals surface area contributed by atoms with Crippen LogP contribution in [0.1, 0.15) is 0 Å². The molecule has 0 unspecified atom stereocenters. The van der Waals surface area contributed by atoms with Crippen LogP contribution in [0.2, 0.25) is 0 Å². The fourth-order valence-electron chi connectivity index (χ4n) is 1.76. The summed E-state index contributed by atoms with van der Waals surface area (Å²) in [5.41, 5.74) is 7.17. The van der Waals surface area contributed by atoms with Crippen LogP contribution < -0.4 is 15.2 Å². The van der Waals surface area contributed by atoms with Crippen molar-refractivity contribution in [2.24, 2.45) is 0 Å². The minimum Gasteiger partial charge on any atom is -0.497 e. The van der Waals surface area contributed by atoms with Crippen LogP contribution in [0.15, 0.2) is 42.9 Å². The first-order valence-electron chi connectivity index (χ1n) is 5.67. The molecule has 0 fully saturated rings. The van der Waals surface area contributed by atoms with Crippen molar-refractivity contribution < 1.29 is 9.47 Å². The third-order valence-electron chi connectivity index (χ3n) is 2.71. The summed E-state index contributed by atoms with van der Waals surface area (Å²) in [6, 6.07) is 7.05. The monoisotopic (exact) mass is 256 g/mol. The van der Waals surface area contributed by atoms with Gasteiger partial charge in [0.25, 0.3) is 0 Å². The Hall–Kier alpha value is -2.76. The van der Waals surface area contributed by atoms with Gasteiger partial charge in [0.05, 0.1) is 19.0 Å². The van der Waals surface area contributed by atoms with Crippen molar-refractivity contribution in [1.82, 2.24) is 14.6 Å². The van der Waals surface area contributed by atoms with E-state index in [0.717, 1.165) is 5.52 Å². The zero-order valence-electron chi connectivity index (χ0n) is 10.3. The van der Waals surface area contributed by atoms with Crippen LogP contribution in [0, 0.1) is 0 Å². The summed E-state index contributed by atoms with van der Waals surface area (Å²) in [5, 5.41) is 4.12. The number of hydrogen-bond acceptors (Lipinski definition) is 5. The van der Waals surface area contributed by atoms with Crippen molar-refractivity contribution in [2.45, 2.75) is 0 Å². The molecule has 0 radical (unpaired) electrons.